The lowest BCUT2D eigenvalue weighted by Crippen LogP contribution is -2.56. The molecular weight excluding hydrogens is 521 g/mol. The second-order valence-corrected chi connectivity index (χ2v) is 14.3. The van der Waals surface area contributed by atoms with Gasteiger partial charge < -0.3 is 9.55 Å². The van der Waals surface area contributed by atoms with Gasteiger partial charge in [-0.2, -0.15) is 0 Å². The van der Waals surface area contributed by atoms with Gasteiger partial charge in [-0.3, -0.25) is 0 Å². The first kappa shape index (κ1) is 26.2. The van der Waals surface area contributed by atoms with E-state index in [1.807, 2.05) is 0 Å². The third-order valence-electron chi connectivity index (χ3n) is 9.30. The van der Waals surface area contributed by atoms with Crippen molar-refractivity contribution in [2.75, 3.05) is 4.90 Å². The van der Waals surface area contributed by atoms with E-state index in [1.54, 1.807) is 0 Å². The summed E-state index contributed by atoms with van der Waals surface area (Å²) >= 11 is 0. The van der Waals surface area contributed by atoms with Crippen molar-refractivity contribution in [2.45, 2.75) is 52.4 Å². The first-order chi connectivity index (χ1) is 20.6. The fourth-order valence-corrected chi connectivity index (χ4v) is 6.85. The highest BCUT2D eigenvalue weighted by Crippen LogP contribution is 2.46. The molecule has 6 aromatic rings. The molecule has 6 aromatic carbocycles. The minimum absolute atomic E-state index is 0.0137. The zero-order valence-electron chi connectivity index (χ0n) is 25.8. The maximum atomic E-state index is 7.04. The Bertz CT molecular complexity index is 2060. The molecule has 210 valence electrons. The van der Waals surface area contributed by atoms with Crippen LogP contribution in [0, 0.1) is 0 Å². The van der Waals surface area contributed by atoms with Gasteiger partial charge in [0.15, 0.2) is 0 Å². The third kappa shape index (κ3) is 4.09. The number of fused-ring (bicyclic) bond motifs is 6. The largest absolute Gasteiger partial charge is 0.551 e. The molecule has 0 N–H and O–H groups in total. The SMILES string of the molecule is CC(C)(C)c1cc(N2c3cc4ccccc4cc3B3Oc4cc5ccccc5cc4-c4cccc2c43)cc(C(C)(C)C)c1. The Balaban J connectivity index is 1.46. The van der Waals surface area contributed by atoms with E-state index in [9.17, 15) is 0 Å². The van der Waals surface area contributed by atoms with Crippen molar-refractivity contribution in [2.24, 2.45) is 0 Å². The lowest BCUT2D eigenvalue weighted by molar-refractivity contribution is 0.568. The van der Waals surface area contributed by atoms with Gasteiger partial charge in [0.05, 0.1) is 0 Å². The molecule has 2 heterocycles. The van der Waals surface area contributed by atoms with Crippen molar-refractivity contribution in [1.29, 1.82) is 0 Å². The Hall–Kier alpha value is -4.50. The third-order valence-corrected chi connectivity index (χ3v) is 9.30. The maximum Gasteiger partial charge on any atom is 0.431 e. The summed E-state index contributed by atoms with van der Waals surface area (Å²) in [6.07, 6.45) is 0. The fourth-order valence-electron chi connectivity index (χ4n) is 6.85. The van der Waals surface area contributed by atoms with Crippen molar-refractivity contribution in [3.63, 3.8) is 0 Å². The summed E-state index contributed by atoms with van der Waals surface area (Å²) in [7, 11) is 0. The Kier molecular flexibility index (Phi) is 5.48. The molecule has 8 rings (SSSR count). The smallest absolute Gasteiger partial charge is 0.431 e. The first-order valence-corrected chi connectivity index (χ1v) is 15.4. The predicted octanol–water partition coefficient (Wildman–Crippen LogP) is 9.54. The topological polar surface area (TPSA) is 12.5 Å². The molecule has 0 amide bonds. The molecule has 0 bridgehead atoms. The molecule has 0 unspecified atom stereocenters. The fraction of sp³-hybridized carbons (Fsp3) is 0.200. The highest BCUT2D eigenvalue weighted by molar-refractivity contribution is 6.85. The number of anilines is 3. The van der Waals surface area contributed by atoms with Crippen molar-refractivity contribution in [1.82, 2.24) is 0 Å². The van der Waals surface area contributed by atoms with Crippen molar-refractivity contribution < 1.29 is 4.65 Å². The van der Waals surface area contributed by atoms with E-state index in [-0.39, 0.29) is 17.7 Å². The van der Waals surface area contributed by atoms with Crippen molar-refractivity contribution >= 4 is 56.4 Å². The van der Waals surface area contributed by atoms with Crippen LogP contribution >= 0.6 is 0 Å². The molecule has 2 nitrogen and oxygen atoms in total. The van der Waals surface area contributed by atoms with Gasteiger partial charge in [0.1, 0.15) is 5.75 Å². The van der Waals surface area contributed by atoms with Crippen LogP contribution in [-0.2, 0) is 10.8 Å². The minimum atomic E-state index is -0.191. The monoisotopic (exact) mass is 557 g/mol. The van der Waals surface area contributed by atoms with Crippen LogP contribution in [0.1, 0.15) is 52.7 Å². The molecule has 0 spiro atoms. The van der Waals surface area contributed by atoms with Crippen molar-refractivity contribution in [3.05, 3.63) is 120 Å². The average molecular weight is 558 g/mol. The summed E-state index contributed by atoms with van der Waals surface area (Å²) in [6.45, 7) is 13.7. The maximum absolute atomic E-state index is 7.04. The number of benzene rings is 6. The minimum Gasteiger partial charge on any atom is -0.551 e. The molecule has 0 aliphatic carbocycles. The van der Waals surface area contributed by atoms with Crippen LogP contribution in [0.15, 0.2) is 109 Å². The van der Waals surface area contributed by atoms with Gasteiger partial charge in [-0.05, 0) is 90.9 Å². The lowest BCUT2D eigenvalue weighted by atomic mass is 9.49. The van der Waals surface area contributed by atoms with E-state index in [0.29, 0.717) is 0 Å². The van der Waals surface area contributed by atoms with E-state index in [1.165, 1.54) is 66.2 Å². The second kappa shape index (κ2) is 9.00. The quantitative estimate of drug-likeness (QED) is 0.187. The molecule has 0 radical (unpaired) electrons. The van der Waals surface area contributed by atoms with Gasteiger partial charge in [-0.15, -0.1) is 0 Å². The van der Waals surface area contributed by atoms with Gasteiger partial charge in [0.2, 0.25) is 0 Å². The Labute approximate surface area is 255 Å². The normalized spacial score (nSPS) is 13.9. The Morgan fingerprint density at radius 2 is 1.12 bits per heavy atom. The molecule has 2 aliphatic heterocycles. The van der Waals surface area contributed by atoms with E-state index >= 15 is 0 Å². The van der Waals surface area contributed by atoms with E-state index < -0.39 is 0 Å². The average Bonchev–Trinajstić information content (AvgIpc) is 2.98. The van der Waals surface area contributed by atoms with Crippen LogP contribution in [0.5, 0.6) is 5.75 Å². The van der Waals surface area contributed by atoms with Crippen LogP contribution in [0.2, 0.25) is 0 Å². The zero-order valence-corrected chi connectivity index (χ0v) is 25.8. The zero-order chi connectivity index (χ0) is 29.7. The number of rotatable bonds is 1. The molecule has 0 saturated heterocycles. The summed E-state index contributed by atoms with van der Waals surface area (Å²) in [5.74, 6) is 0.950. The molecular formula is C40H36BNO. The highest BCUT2D eigenvalue weighted by Gasteiger charge is 2.43. The number of hydrogen-bond acceptors (Lipinski definition) is 2. The first-order valence-electron chi connectivity index (χ1n) is 15.4. The van der Waals surface area contributed by atoms with E-state index in [0.717, 1.165) is 11.3 Å². The van der Waals surface area contributed by atoms with Gasteiger partial charge in [0.25, 0.3) is 0 Å². The molecule has 2 aliphatic rings. The molecule has 0 saturated carbocycles. The molecule has 0 fully saturated rings. The standard InChI is InChI=1S/C40H36BNO/c1-39(2,3)29-22-30(40(4,5)6)24-31(23-29)42-35-17-11-16-32-33-18-25-12-7-10-15-28(25)21-37(33)43-41(38(32)35)34-19-26-13-8-9-14-27(26)20-36(34)42/h7-24H,1-6H3. The van der Waals surface area contributed by atoms with Gasteiger partial charge in [-0.25, -0.2) is 0 Å². The molecule has 43 heavy (non-hydrogen) atoms. The number of nitrogens with zero attached hydrogens (tertiary/aromatic N) is 1. The number of hydrogen-bond donors (Lipinski definition) is 0. The van der Waals surface area contributed by atoms with Gasteiger partial charge >= 0.3 is 6.92 Å². The Morgan fingerprint density at radius 3 is 1.74 bits per heavy atom. The molecule has 0 atom stereocenters. The van der Waals surface area contributed by atoms with E-state index in [4.69, 9.17) is 4.65 Å². The summed E-state index contributed by atoms with van der Waals surface area (Å²) in [6, 6.07) is 40.5. The summed E-state index contributed by atoms with van der Waals surface area (Å²) in [4.78, 5) is 2.50. The second-order valence-electron chi connectivity index (χ2n) is 14.3. The Morgan fingerprint density at radius 1 is 0.535 bits per heavy atom. The van der Waals surface area contributed by atoms with Crippen LogP contribution in [0.4, 0.5) is 17.1 Å². The lowest BCUT2D eigenvalue weighted by Gasteiger charge is -2.40. The summed E-state index contributed by atoms with van der Waals surface area (Å²) < 4.78 is 7.04. The summed E-state index contributed by atoms with van der Waals surface area (Å²) in [5.41, 5.74) is 11.1. The van der Waals surface area contributed by atoms with Crippen LogP contribution in [0.25, 0.3) is 32.7 Å². The van der Waals surface area contributed by atoms with Crippen molar-refractivity contribution in [3.8, 4) is 16.9 Å². The summed E-state index contributed by atoms with van der Waals surface area (Å²) in [5, 5.41) is 4.89. The van der Waals surface area contributed by atoms with Crippen LogP contribution in [0.3, 0.4) is 0 Å². The van der Waals surface area contributed by atoms with Crippen LogP contribution in [-0.4, -0.2) is 6.92 Å². The van der Waals surface area contributed by atoms with Gasteiger partial charge in [-0.1, -0.05) is 114 Å². The predicted molar refractivity (Wildman–Crippen MR) is 185 cm³/mol. The highest BCUT2D eigenvalue weighted by atomic mass is 16.4. The molecule has 0 aromatic heterocycles. The van der Waals surface area contributed by atoms with Crippen LogP contribution < -0.4 is 20.5 Å². The van der Waals surface area contributed by atoms with E-state index in [2.05, 4.69) is 156 Å². The molecule has 3 heteroatoms. The van der Waals surface area contributed by atoms with Gasteiger partial charge in [0, 0.05) is 28.1 Å².